The van der Waals surface area contributed by atoms with Crippen molar-refractivity contribution in [3.8, 4) is 11.5 Å². The Balaban J connectivity index is 0.902. The molecule has 5 N–H and O–H groups in total. The summed E-state index contributed by atoms with van der Waals surface area (Å²) in [6, 6.07) is 24.5. The number of piperidine rings is 3. The van der Waals surface area contributed by atoms with Gasteiger partial charge in [0.05, 0.1) is 31.3 Å². The van der Waals surface area contributed by atoms with Gasteiger partial charge in [0.2, 0.25) is 5.56 Å². The first-order valence-electron chi connectivity index (χ1n) is 18.5. The van der Waals surface area contributed by atoms with Gasteiger partial charge in [-0.05, 0) is 66.6 Å². The number of fused-ring (bicyclic) bond motifs is 4. The number of aromatic nitrogens is 1. The van der Waals surface area contributed by atoms with Crippen LogP contribution in [0.4, 0.5) is 0 Å². The van der Waals surface area contributed by atoms with Crippen molar-refractivity contribution in [3.63, 3.8) is 0 Å². The van der Waals surface area contributed by atoms with Gasteiger partial charge in [0.1, 0.15) is 42.9 Å². The summed E-state index contributed by atoms with van der Waals surface area (Å²) < 4.78 is 14.0. The number of phenolic OH excluding ortho intramolecular Hbond substituents is 1. The minimum atomic E-state index is -0.930. The highest BCUT2D eigenvalue weighted by atomic mass is 16.5. The Hall–Kier alpha value is -3.73. The predicted molar refractivity (Wildman–Crippen MR) is 194 cm³/mol. The fourth-order valence-electron chi connectivity index (χ4n) is 8.80. The van der Waals surface area contributed by atoms with Crippen LogP contribution in [0.2, 0.25) is 0 Å². The lowest BCUT2D eigenvalue weighted by atomic mass is 9.80. The predicted octanol–water partition coefficient (Wildman–Crippen LogP) is 5.70. The summed E-state index contributed by atoms with van der Waals surface area (Å²) in [6.45, 7) is 7.60. The van der Waals surface area contributed by atoms with Crippen molar-refractivity contribution in [1.82, 2.24) is 10.3 Å². The van der Waals surface area contributed by atoms with E-state index in [0.717, 1.165) is 73.2 Å². The van der Waals surface area contributed by atoms with Crippen molar-refractivity contribution >= 4 is 10.9 Å². The van der Waals surface area contributed by atoms with Gasteiger partial charge in [-0.1, -0.05) is 61.4 Å². The number of pyridine rings is 1. The standard InChI is InChI=1S/C41H51N3O6/c1-28(42-25-37(46)34-15-17-36(45)40-35(34)16-18-39(47)43-40)29-11-13-33(14-12-29)49-24-23-44-21-19-30(20-22-44)38(26-44)50-27-41(48,32-9-5-6-10-32)31-7-3-2-4-8-31/h2-4,7-8,11-18,28,30,32,37-38,42,46,48H,5-6,9-10,19-27H2,1H3,(H-,43,45,47)/p+1/t28?,30?,37-,38-,41+,44?/m0/s1. The molecule has 1 aromatic heterocycles. The third-order valence-corrected chi connectivity index (χ3v) is 12.0. The number of aromatic amines is 1. The quantitative estimate of drug-likeness (QED) is 0.108. The SMILES string of the molecule is CC(NC[C@H](O)c1ccc(O)c2[nH]c(=O)ccc12)c1ccc(OCC[N+]23CCC(CC2)[C@@H](OC[C@@](O)(c2ccccc2)C2CCCC2)C3)cc1. The first kappa shape index (κ1) is 34.7. The topological polar surface area (TPSA) is 124 Å². The molecule has 1 saturated carbocycles. The van der Waals surface area contributed by atoms with Crippen molar-refractivity contribution in [2.24, 2.45) is 11.8 Å². The van der Waals surface area contributed by atoms with Gasteiger partial charge in [-0.25, -0.2) is 0 Å². The van der Waals surface area contributed by atoms with E-state index in [1.54, 1.807) is 12.1 Å². The first-order valence-corrected chi connectivity index (χ1v) is 18.5. The van der Waals surface area contributed by atoms with E-state index in [4.69, 9.17) is 9.47 Å². The van der Waals surface area contributed by atoms with E-state index < -0.39 is 11.7 Å². The lowest BCUT2D eigenvalue weighted by Gasteiger charge is -2.52. The average Bonchev–Trinajstić information content (AvgIpc) is 3.70. The maximum Gasteiger partial charge on any atom is 0.248 e. The molecule has 3 aromatic carbocycles. The maximum atomic E-state index is 12.0. The summed E-state index contributed by atoms with van der Waals surface area (Å²) in [5.74, 6) is 1.63. The van der Waals surface area contributed by atoms with Crippen molar-refractivity contribution < 1.29 is 29.3 Å². The van der Waals surface area contributed by atoms with Crippen LogP contribution in [0.1, 0.15) is 74.3 Å². The Morgan fingerprint density at radius 2 is 1.70 bits per heavy atom. The Labute approximate surface area is 294 Å². The number of rotatable bonds is 14. The van der Waals surface area contributed by atoms with E-state index in [2.05, 4.69) is 41.5 Å². The second kappa shape index (κ2) is 14.9. The van der Waals surface area contributed by atoms with E-state index in [9.17, 15) is 20.1 Å². The summed E-state index contributed by atoms with van der Waals surface area (Å²) in [7, 11) is 0. The highest BCUT2D eigenvalue weighted by Crippen LogP contribution is 2.42. The second-order valence-electron chi connectivity index (χ2n) is 15.0. The number of H-pyrrole nitrogens is 1. The number of aliphatic hydroxyl groups excluding tert-OH is 1. The molecule has 9 nitrogen and oxygen atoms in total. The molecule has 1 unspecified atom stereocenters. The van der Waals surface area contributed by atoms with Crippen molar-refractivity contribution in [1.29, 1.82) is 0 Å². The van der Waals surface area contributed by atoms with E-state index >= 15 is 0 Å². The summed E-state index contributed by atoms with van der Waals surface area (Å²) in [6.07, 6.45) is 6.14. The van der Waals surface area contributed by atoms with Crippen LogP contribution in [-0.4, -0.2) is 76.8 Å². The number of quaternary nitrogens is 1. The molecule has 0 amide bonds. The molecular formula is C41H52N3O6+. The summed E-state index contributed by atoms with van der Waals surface area (Å²) in [5, 5.41) is 37.2. The van der Waals surface area contributed by atoms with Gasteiger partial charge in [-0.2, -0.15) is 0 Å². The molecule has 4 atom stereocenters. The second-order valence-corrected chi connectivity index (χ2v) is 15.0. The van der Waals surface area contributed by atoms with Crippen LogP contribution in [0.3, 0.4) is 0 Å². The maximum absolute atomic E-state index is 12.0. The minimum Gasteiger partial charge on any atom is -0.506 e. The van der Waals surface area contributed by atoms with Gasteiger partial charge in [0, 0.05) is 42.8 Å². The number of aliphatic hydroxyl groups is 2. The third-order valence-electron chi connectivity index (χ3n) is 12.0. The molecular weight excluding hydrogens is 630 g/mol. The van der Waals surface area contributed by atoms with Crippen LogP contribution in [0, 0.1) is 11.8 Å². The Morgan fingerprint density at radius 3 is 2.44 bits per heavy atom. The smallest absolute Gasteiger partial charge is 0.248 e. The number of phenols is 1. The molecule has 0 spiro atoms. The average molecular weight is 683 g/mol. The van der Waals surface area contributed by atoms with Gasteiger partial charge >= 0.3 is 0 Å². The zero-order valence-corrected chi connectivity index (χ0v) is 29.1. The van der Waals surface area contributed by atoms with Gasteiger partial charge in [0.25, 0.3) is 0 Å². The Morgan fingerprint density at radius 1 is 0.960 bits per heavy atom. The molecule has 266 valence electrons. The van der Waals surface area contributed by atoms with Crippen LogP contribution < -0.4 is 15.6 Å². The molecule has 9 heteroatoms. The van der Waals surface area contributed by atoms with E-state index in [1.807, 2.05) is 30.3 Å². The third kappa shape index (κ3) is 7.34. The number of ether oxygens (including phenoxy) is 2. The summed E-state index contributed by atoms with van der Waals surface area (Å²) in [5.41, 5.74) is 1.80. The van der Waals surface area contributed by atoms with Crippen LogP contribution in [0.15, 0.2) is 83.7 Å². The largest absolute Gasteiger partial charge is 0.506 e. The molecule has 50 heavy (non-hydrogen) atoms. The van der Waals surface area contributed by atoms with E-state index in [-0.39, 0.29) is 29.4 Å². The van der Waals surface area contributed by atoms with E-state index in [0.29, 0.717) is 42.1 Å². The number of benzene rings is 3. The number of nitrogens with zero attached hydrogens (tertiary/aromatic N) is 1. The lowest BCUT2D eigenvalue weighted by molar-refractivity contribution is -0.946. The molecule has 4 aliphatic rings. The number of hydrogen-bond acceptors (Lipinski definition) is 7. The van der Waals surface area contributed by atoms with Crippen molar-refractivity contribution in [2.75, 3.05) is 45.9 Å². The number of nitrogens with one attached hydrogen (secondary N) is 2. The molecule has 4 heterocycles. The first-order chi connectivity index (χ1) is 24.2. The molecule has 1 aliphatic carbocycles. The fourth-order valence-corrected chi connectivity index (χ4v) is 8.80. The van der Waals surface area contributed by atoms with Crippen LogP contribution in [0.5, 0.6) is 11.5 Å². The summed E-state index contributed by atoms with van der Waals surface area (Å²) in [4.78, 5) is 14.4. The van der Waals surface area contributed by atoms with Gasteiger partial charge < -0.3 is 39.6 Å². The highest BCUT2D eigenvalue weighted by Gasteiger charge is 2.48. The fraction of sp³-hybridized carbons (Fsp3) is 0.488. The molecule has 2 bridgehead atoms. The van der Waals surface area contributed by atoms with Gasteiger partial charge in [-0.3, -0.25) is 4.79 Å². The van der Waals surface area contributed by atoms with Crippen LogP contribution >= 0.6 is 0 Å². The summed E-state index contributed by atoms with van der Waals surface area (Å²) >= 11 is 0. The number of hydrogen-bond donors (Lipinski definition) is 5. The molecule has 4 fully saturated rings. The Bertz CT molecular complexity index is 1780. The molecule has 4 aromatic rings. The molecule has 3 saturated heterocycles. The van der Waals surface area contributed by atoms with Crippen LogP contribution in [-0.2, 0) is 10.3 Å². The van der Waals surface area contributed by atoms with Crippen molar-refractivity contribution in [2.45, 2.75) is 69.3 Å². The highest BCUT2D eigenvalue weighted by molar-refractivity contribution is 5.87. The Kier molecular flexibility index (Phi) is 10.3. The molecule has 8 rings (SSSR count). The monoisotopic (exact) mass is 682 g/mol. The number of aromatic hydroxyl groups is 1. The zero-order valence-electron chi connectivity index (χ0n) is 29.1. The molecule has 0 radical (unpaired) electrons. The zero-order chi connectivity index (χ0) is 34.7. The van der Waals surface area contributed by atoms with E-state index in [1.165, 1.54) is 25.0 Å². The van der Waals surface area contributed by atoms with Gasteiger partial charge in [-0.15, -0.1) is 0 Å². The molecule has 3 aliphatic heterocycles. The van der Waals surface area contributed by atoms with Crippen molar-refractivity contribution in [3.05, 3.63) is 106 Å². The minimum absolute atomic E-state index is 0.0139. The lowest BCUT2D eigenvalue weighted by Crippen LogP contribution is -2.65. The van der Waals surface area contributed by atoms with Crippen LogP contribution in [0.25, 0.3) is 10.9 Å². The van der Waals surface area contributed by atoms with Gasteiger partial charge in [0.15, 0.2) is 0 Å². The normalized spacial score (nSPS) is 24.6.